The molecule has 0 aromatic heterocycles. The Kier molecular flexibility index (Phi) is 3.03. The topological polar surface area (TPSA) is 95.9 Å². The molecule has 5 nitrogen and oxygen atoms in total. The Hall–Kier alpha value is -0.200. The minimum Gasteiger partial charge on any atom is -0.388 e. The molecule has 0 aromatic carbocycles. The molecule has 1 heterocycles. The molecule has 72 valence electrons. The highest BCUT2D eigenvalue weighted by atomic mass is 16.6. The second-order valence-corrected chi connectivity index (χ2v) is 3.03. The van der Waals surface area contributed by atoms with Crippen LogP contribution in [0.5, 0.6) is 0 Å². The zero-order chi connectivity index (χ0) is 9.30. The summed E-state index contributed by atoms with van der Waals surface area (Å²) in [5.41, 5.74) is 5.34. The summed E-state index contributed by atoms with van der Waals surface area (Å²) in [7, 11) is 0. The van der Waals surface area contributed by atoms with Crippen molar-refractivity contribution < 1.29 is 20.1 Å². The minimum absolute atomic E-state index is 0.530. The fraction of sp³-hybridized carbons (Fsp3) is 1.00. The molecule has 5 heteroatoms. The van der Waals surface area contributed by atoms with Gasteiger partial charge < -0.3 is 25.8 Å². The summed E-state index contributed by atoms with van der Waals surface area (Å²) in [6.45, 7) is 1.80. The number of ether oxygens (including phenoxy) is 1. The molecule has 0 aliphatic carbocycles. The Morgan fingerprint density at radius 1 is 1.25 bits per heavy atom. The van der Waals surface area contributed by atoms with Gasteiger partial charge in [-0.3, -0.25) is 0 Å². The van der Waals surface area contributed by atoms with Crippen LogP contribution in [0.3, 0.4) is 0 Å². The van der Waals surface area contributed by atoms with Crippen LogP contribution in [-0.4, -0.2) is 46.0 Å². The van der Waals surface area contributed by atoms with E-state index in [1.165, 1.54) is 0 Å². The quantitative estimate of drug-likeness (QED) is 0.377. The van der Waals surface area contributed by atoms with E-state index in [1.807, 2.05) is 0 Å². The smallest absolute Gasteiger partial charge is 0.172 e. The minimum atomic E-state index is -1.19. The van der Waals surface area contributed by atoms with Crippen molar-refractivity contribution in [3.63, 3.8) is 0 Å². The van der Waals surface area contributed by atoms with E-state index in [4.69, 9.17) is 15.6 Å². The van der Waals surface area contributed by atoms with Crippen LogP contribution in [0.15, 0.2) is 0 Å². The van der Waals surface area contributed by atoms with Gasteiger partial charge in [-0.1, -0.05) is 6.92 Å². The van der Waals surface area contributed by atoms with Gasteiger partial charge in [-0.15, -0.1) is 0 Å². The highest BCUT2D eigenvalue weighted by molar-refractivity contribution is 4.90. The van der Waals surface area contributed by atoms with Crippen LogP contribution in [0, 0.1) is 0 Å². The van der Waals surface area contributed by atoms with Crippen molar-refractivity contribution in [1.29, 1.82) is 0 Å². The summed E-state index contributed by atoms with van der Waals surface area (Å²) in [4.78, 5) is 0. The van der Waals surface area contributed by atoms with Crippen molar-refractivity contribution in [1.82, 2.24) is 0 Å². The Morgan fingerprint density at radius 3 is 2.33 bits per heavy atom. The monoisotopic (exact) mass is 177 g/mol. The molecule has 0 amide bonds. The van der Waals surface area contributed by atoms with Gasteiger partial charge in [-0.05, 0) is 6.42 Å². The lowest BCUT2D eigenvalue weighted by molar-refractivity contribution is -0.242. The number of aliphatic hydroxyl groups excluding tert-OH is 3. The summed E-state index contributed by atoms with van der Waals surface area (Å²) in [6, 6.07) is -0.928. The molecule has 0 radical (unpaired) electrons. The highest BCUT2D eigenvalue weighted by Gasteiger charge is 2.40. The third-order valence-corrected chi connectivity index (χ3v) is 2.17. The van der Waals surface area contributed by atoms with Gasteiger partial charge >= 0.3 is 0 Å². The first-order valence-electron chi connectivity index (χ1n) is 4.03. The SMILES string of the molecule is CC[C@H]1O[C@@H](O)[C@@H](N)[C@@H](O)[C@@H]1O. The molecule has 1 aliphatic heterocycles. The van der Waals surface area contributed by atoms with E-state index in [0.717, 1.165) is 0 Å². The fourth-order valence-electron chi connectivity index (χ4n) is 1.30. The molecule has 1 rings (SSSR count). The van der Waals surface area contributed by atoms with Gasteiger partial charge in [0.25, 0.3) is 0 Å². The molecule has 5 N–H and O–H groups in total. The summed E-state index contributed by atoms with van der Waals surface area (Å²) in [5, 5.41) is 27.8. The van der Waals surface area contributed by atoms with Crippen molar-refractivity contribution in [2.75, 3.05) is 0 Å². The van der Waals surface area contributed by atoms with Gasteiger partial charge in [0.1, 0.15) is 12.2 Å². The molecule has 5 atom stereocenters. The molecule has 0 aromatic rings. The molecule has 0 spiro atoms. The second-order valence-electron chi connectivity index (χ2n) is 3.03. The molecule has 0 bridgehead atoms. The van der Waals surface area contributed by atoms with Crippen LogP contribution in [0.2, 0.25) is 0 Å². The van der Waals surface area contributed by atoms with Crippen molar-refractivity contribution >= 4 is 0 Å². The van der Waals surface area contributed by atoms with Crippen molar-refractivity contribution in [2.45, 2.75) is 44.0 Å². The van der Waals surface area contributed by atoms with E-state index in [9.17, 15) is 10.2 Å². The number of hydrogen-bond donors (Lipinski definition) is 4. The Bertz CT molecular complexity index is 150. The Balaban J connectivity index is 2.63. The van der Waals surface area contributed by atoms with Crippen LogP contribution in [0.25, 0.3) is 0 Å². The van der Waals surface area contributed by atoms with Crippen LogP contribution in [0.1, 0.15) is 13.3 Å². The summed E-state index contributed by atoms with van der Waals surface area (Å²) in [6.07, 6.45) is -3.31. The first-order chi connectivity index (χ1) is 5.57. The molecule has 0 unspecified atom stereocenters. The van der Waals surface area contributed by atoms with Crippen LogP contribution >= 0.6 is 0 Å². The maximum atomic E-state index is 9.36. The predicted octanol–water partition coefficient (Wildman–Crippen LogP) is -1.84. The van der Waals surface area contributed by atoms with Gasteiger partial charge in [0, 0.05) is 0 Å². The van der Waals surface area contributed by atoms with Crippen molar-refractivity contribution in [3.8, 4) is 0 Å². The standard InChI is InChI=1S/C7H15NO4/c1-2-3-5(9)6(10)4(8)7(11)12-3/h3-7,9-11H,2,8H2,1H3/t3-,4+,5-,6-,7-/m1/s1. The average molecular weight is 177 g/mol. The maximum Gasteiger partial charge on any atom is 0.172 e. The normalized spacial score (nSPS) is 49.2. The third-order valence-electron chi connectivity index (χ3n) is 2.17. The fourth-order valence-corrected chi connectivity index (χ4v) is 1.30. The largest absolute Gasteiger partial charge is 0.388 e. The lowest BCUT2D eigenvalue weighted by Crippen LogP contribution is -2.60. The Morgan fingerprint density at radius 2 is 1.83 bits per heavy atom. The molecule has 0 saturated carbocycles. The molecular weight excluding hydrogens is 162 g/mol. The number of nitrogens with two attached hydrogens (primary N) is 1. The number of hydrogen-bond acceptors (Lipinski definition) is 5. The third kappa shape index (κ3) is 1.60. The molecule has 12 heavy (non-hydrogen) atoms. The lowest BCUT2D eigenvalue weighted by atomic mass is 9.96. The maximum absolute atomic E-state index is 9.36. The number of aliphatic hydroxyl groups is 3. The van der Waals surface area contributed by atoms with E-state index >= 15 is 0 Å². The van der Waals surface area contributed by atoms with E-state index in [2.05, 4.69) is 0 Å². The Labute approximate surface area is 70.8 Å². The predicted molar refractivity (Wildman–Crippen MR) is 41.2 cm³/mol. The van der Waals surface area contributed by atoms with Gasteiger partial charge in [0.15, 0.2) is 6.29 Å². The first-order valence-corrected chi connectivity index (χ1v) is 4.03. The van der Waals surface area contributed by atoms with Crippen molar-refractivity contribution in [2.24, 2.45) is 5.73 Å². The van der Waals surface area contributed by atoms with Gasteiger partial charge in [-0.2, -0.15) is 0 Å². The average Bonchev–Trinajstić information content (AvgIpc) is 2.08. The second kappa shape index (κ2) is 3.68. The zero-order valence-electron chi connectivity index (χ0n) is 6.92. The lowest BCUT2D eigenvalue weighted by Gasteiger charge is -2.38. The van der Waals surface area contributed by atoms with Gasteiger partial charge in [0.2, 0.25) is 0 Å². The van der Waals surface area contributed by atoms with Gasteiger partial charge in [-0.25, -0.2) is 0 Å². The molecule has 1 aliphatic rings. The van der Waals surface area contributed by atoms with Crippen LogP contribution < -0.4 is 5.73 Å². The molecule has 1 fully saturated rings. The van der Waals surface area contributed by atoms with E-state index in [0.29, 0.717) is 6.42 Å². The zero-order valence-corrected chi connectivity index (χ0v) is 6.92. The molecule has 1 saturated heterocycles. The first kappa shape index (κ1) is 9.88. The summed E-state index contributed by atoms with van der Waals surface area (Å²) in [5.74, 6) is 0. The molecular formula is C7H15NO4. The number of rotatable bonds is 1. The van der Waals surface area contributed by atoms with E-state index in [-0.39, 0.29) is 0 Å². The van der Waals surface area contributed by atoms with Crippen molar-refractivity contribution in [3.05, 3.63) is 0 Å². The van der Waals surface area contributed by atoms with E-state index in [1.54, 1.807) is 6.92 Å². The van der Waals surface area contributed by atoms with Crippen LogP contribution in [0.4, 0.5) is 0 Å². The summed E-state index contributed by atoms with van der Waals surface area (Å²) >= 11 is 0. The van der Waals surface area contributed by atoms with Gasteiger partial charge in [0.05, 0.1) is 12.1 Å². The van der Waals surface area contributed by atoms with E-state index < -0.39 is 30.6 Å². The van der Waals surface area contributed by atoms with Crippen LogP contribution in [-0.2, 0) is 4.74 Å². The highest BCUT2D eigenvalue weighted by Crippen LogP contribution is 2.20. The summed E-state index contributed by atoms with van der Waals surface area (Å²) < 4.78 is 4.95.